The average Bonchev–Trinajstić information content (AvgIpc) is 3.14. The summed E-state index contributed by atoms with van der Waals surface area (Å²) >= 11 is 5.93. The van der Waals surface area contributed by atoms with Gasteiger partial charge in [0.05, 0.1) is 19.2 Å². The van der Waals surface area contributed by atoms with Crippen molar-refractivity contribution in [3.63, 3.8) is 0 Å². The minimum absolute atomic E-state index is 0.0175. The van der Waals surface area contributed by atoms with Gasteiger partial charge in [0.15, 0.2) is 17.3 Å². The molecule has 1 aromatic heterocycles. The molecule has 9 heteroatoms. The Bertz CT molecular complexity index is 970. The third-order valence-electron chi connectivity index (χ3n) is 3.68. The van der Waals surface area contributed by atoms with Crippen LogP contribution < -0.4 is 10.2 Å². The number of rotatable bonds is 6. The van der Waals surface area contributed by atoms with Crippen molar-refractivity contribution in [3.8, 4) is 5.75 Å². The first kappa shape index (κ1) is 18.6. The van der Waals surface area contributed by atoms with E-state index >= 15 is 0 Å². The summed E-state index contributed by atoms with van der Waals surface area (Å²) in [6.45, 7) is 0. The van der Waals surface area contributed by atoms with E-state index in [0.717, 1.165) is 0 Å². The van der Waals surface area contributed by atoms with Crippen LogP contribution in [-0.2, 0) is 6.42 Å². The van der Waals surface area contributed by atoms with E-state index in [9.17, 15) is 10.0 Å². The zero-order valence-electron chi connectivity index (χ0n) is 14.2. The number of ether oxygens (including phenoxy) is 1. The number of benzene rings is 2. The summed E-state index contributed by atoms with van der Waals surface area (Å²) in [5.74, 6) is 0.432. The number of aromatic nitrogens is 2. The largest absolute Gasteiger partial charge is 0.497 e. The van der Waals surface area contributed by atoms with Gasteiger partial charge in [-0.05, 0) is 47.6 Å². The highest BCUT2D eigenvalue weighted by Gasteiger charge is 2.20. The van der Waals surface area contributed by atoms with Crippen LogP contribution >= 0.6 is 11.6 Å². The molecule has 1 heterocycles. The van der Waals surface area contributed by atoms with Crippen LogP contribution in [0.5, 0.6) is 5.75 Å². The number of hydroxylamine groups is 1. The van der Waals surface area contributed by atoms with E-state index in [0.29, 0.717) is 22.0 Å². The number of nitrogens with zero attached hydrogens (tertiary/aromatic N) is 3. The molecule has 0 aliphatic carbocycles. The molecule has 0 fully saturated rings. The summed E-state index contributed by atoms with van der Waals surface area (Å²) < 4.78 is 9.81. The van der Waals surface area contributed by atoms with E-state index < -0.39 is 0 Å². The smallest absolute Gasteiger partial charge is 0.182 e. The molecule has 0 unspecified atom stereocenters. The molecule has 0 radical (unpaired) electrons. The summed E-state index contributed by atoms with van der Waals surface area (Å²) in [4.78, 5) is 16.7. The van der Waals surface area contributed by atoms with Crippen LogP contribution in [-0.4, -0.2) is 34.2 Å². The van der Waals surface area contributed by atoms with Crippen molar-refractivity contribution < 1.29 is 19.4 Å². The third-order valence-corrected chi connectivity index (χ3v) is 3.91. The monoisotopic (exact) mass is 386 g/mol. The van der Waals surface area contributed by atoms with Crippen LogP contribution in [0.15, 0.2) is 58.2 Å². The van der Waals surface area contributed by atoms with Gasteiger partial charge in [-0.15, -0.1) is 0 Å². The number of hydrogen-bond acceptors (Lipinski definition) is 7. The second-order valence-corrected chi connectivity index (χ2v) is 5.88. The van der Waals surface area contributed by atoms with Crippen LogP contribution in [0.1, 0.15) is 21.7 Å². The summed E-state index contributed by atoms with van der Waals surface area (Å²) in [7, 11) is 1.55. The Morgan fingerprint density at radius 2 is 2.04 bits per heavy atom. The molecule has 0 amide bonds. The van der Waals surface area contributed by atoms with Crippen LogP contribution in [0.4, 0.5) is 5.69 Å². The first-order valence-electron chi connectivity index (χ1n) is 7.84. The molecule has 0 spiro atoms. The Labute approximate surface area is 159 Å². The normalized spacial score (nSPS) is 11.3. The van der Waals surface area contributed by atoms with Gasteiger partial charge in [0.25, 0.3) is 0 Å². The topological polar surface area (TPSA) is 110 Å². The Hall–Kier alpha value is -3.23. The number of aliphatic imine (C=N–C) groups is 1. The van der Waals surface area contributed by atoms with Crippen LogP contribution in [0.2, 0.25) is 5.02 Å². The van der Waals surface area contributed by atoms with Crippen LogP contribution in [0.3, 0.4) is 0 Å². The SMILES string of the molecule is COc1ccc(C(=O)Cc2nonc2C(=Nc2cccc(Cl)c2)NO)cc1. The number of Topliss-reactive ketones (excluding diaryl/α,β-unsaturated/α-hetero) is 1. The maximum Gasteiger partial charge on any atom is 0.182 e. The van der Waals surface area contributed by atoms with E-state index in [1.807, 2.05) is 5.48 Å². The number of hydrogen-bond donors (Lipinski definition) is 2. The van der Waals surface area contributed by atoms with Crippen molar-refractivity contribution in [2.45, 2.75) is 6.42 Å². The van der Waals surface area contributed by atoms with E-state index in [4.69, 9.17) is 21.0 Å². The van der Waals surface area contributed by atoms with E-state index in [-0.39, 0.29) is 29.4 Å². The molecule has 0 saturated heterocycles. The molecule has 3 aromatic rings. The Balaban J connectivity index is 1.84. The highest BCUT2D eigenvalue weighted by Crippen LogP contribution is 2.19. The quantitative estimate of drug-likeness (QED) is 0.289. The molecule has 27 heavy (non-hydrogen) atoms. The summed E-state index contributed by atoms with van der Waals surface area (Å²) in [5.41, 5.74) is 3.28. The second-order valence-electron chi connectivity index (χ2n) is 5.44. The predicted octanol–water partition coefficient (Wildman–Crippen LogP) is 3.21. The van der Waals surface area contributed by atoms with Gasteiger partial charge in [0.1, 0.15) is 11.4 Å². The van der Waals surface area contributed by atoms with Crippen molar-refractivity contribution >= 4 is 28.9 Å². The molecule has 0 bridgehead atoms. The fourth-order valence-corrected chi connectivity index (χ4v) is 2.52. The number of methoxy groups -OCH3 is 1. The van der Waals surface area contributed by atoms with Crippen molar-refractivity contribution in [3.05, 3.63) is 70.5 Å². The van der Waals surface area contributed by atoms with Crippen molar-refractivity contribution in [1.29, 1.82) is 0 Å². The number of carbonyl (C=O) groups excluding carboxylic acids is 1. The predicted molar refractivity (Wildman–Crippen MR) is 97.9 cm³/mol. The van der Waals surface area contributed by atoms with Gasteiger partial charge < -0.3 is 4.74 Å². The second kappa shape index (κ2) is 8.43. The first-order chi connectivity index (χ1) is 13.1. The van der Waals surface area contributed by atoms with Gasteiger partial charge in [0.2, 0.25) is 0 Å². The van der Waals surface area contributed by atoms with Crippen molar-refractivity contribution in [1.82, 2.24) is 15.8 Å². The molecule has 138 valence electrons. The number of nitrogens with one attached hydrogen (secondary N) is 1. The minimum Gasteiger partial charge on any atom is -0.497 e. The fraction of sp³-hybridized carbons (Fsp3) is 0.111. The lowest BCUT2D eigenvalue weighted by atomic mass is 10.1. The van der Waals surface area contributed by atoms with Crippen LogP contribution in [0.25, 0.3) is 0 Å². The number of halogens is 1. The lowest BCUT2D eigenvalue weighted by molar-refractivity contribution is 0.0990. The van der Waals surface area contributed by atoms with Gasteiger partial charge in [-0.3, -0.25) is 15.5 Å². The highest BCUT2D eigenvalue weighted by atomic mass is 35.5. The fourth-order valence-electron chi connectivity index (χ4n) is 2.34. The zero-order chi connectivity index (χ0) is 19.2. The van der Waals surface area contributed by atoms with Gasteiger partial charge in [-0.25, -0.2) is 9.62 Å². The van der Waals surface area contributed by atoms with Crippen LogP contribution in [0, 0.1) is 0 Å². The number of ketones is 1. The molecule has 0 atom stereocenters. The van der Waals surface area contributed by atoms with Gasteiger partial charge in [0, 0.05) is 10.6 Å². The molecule has 8 nitrogen and oxygen atoms in total. The lowest BCUT2D eigenvalue weighted by Gasteiger charge is -2.04. The zero-order valence-corrected chi connectivity index (χ0v) is 15.0. The molecule has 0 aliphatic heterocycles. The van der Waals surface area contributed by atoms with Crippen molar-refractivity contribution in [2.24, 2.45) is 4.99 Å². The summed E-state index contributed by atoms with van der Waals surface area (Å²) in [6.07, 6.45) is -0.0819. The molecular weight excluding hydrogens is 372 g/mol. The van der Waals surface area contributed by atoms with Gasteiger partial charge in [-0.1, -0.05) is 22.8 Å². The van der Waals surface area contributed by atoms with Crippen molar-refractivity contribution in [2.75, 3.05) is 7.11 Å². The minimum atomic E-state index is -0.199. The first-order valence-corrected chi connectivity index (χ1v) is 8.22. The Morgan fingerprint density at radius 3 is 2.70 bits per heavy atom. The number of amidine groups is 1. The summed E-state index contributed by atoms with van der Waals surface area (Å²) in [6, 6.07) is 13.4. The molecule has 0 saturated carbocycles. The van der Waals surface area contributed by atoms with E-state index in [1.165, 1.54) is 0 Å². The van der Waals surface area contributed by atoms with E-state index in [2.05, 4.69) is 15.3 Å². The average molecular weight is 387 g/mol. The third kappa shape index (κ3) is 4.49. The summed E-state index contributed by atoms with van der Waals surface area (Å²) in [5, 5.41) is 17.4. The van der Waals surface area contributed by atoms with Gasteiger partial charge >= 0.3 is 0 Å². The lowest BCUT2D eigenvalue weighted by Crippen LogP contribution is -2.22. The Morgan fingerprint density at radius 1 is 1.26 bits per heavy atom. The molecular formula is C18H15ClN4O4. The maximum atomic E-state index is 12.5. The Kier molecular flexibility index (Phi) is 5.80. The van der Waals surface area contributed by atoms with Gasteiger partial charge in [-0.2, -0.15) is 0 Å². The van der Waals surface area contributed by atoms with E-state index in [1.54, 1.807) is 55.6 Å². The molecule has 2 N–H and O–H groups in total. The number of carbonyl (C=O) groups is 1. The highest BCUT2D eigenvalue weighted by molar-refractivity contribution is 6.30. The maximum absolute atomic E-state index is 12.5. The molecule has 3 rings (SSSR count). The molecule has 2 aromatic carbocycles. The standard InChI is InChI=1S/C18H15ClN4O4/c1-26-14-7-5-11(6-8-14)16(24)10-15-17(23-27-22-15)18(21-25)20-13-4-2-3-12(19)9-13/h2-9,25H,10H2,1H3,(H,20,21). The molecule has 0 aliphatic rings.